The predicted octanol–water partition coefficient (Wildman–Crippen LogP) is 3.65. The number of methoxy groups -OCH3 is 1. The predicted molar refractivity (Wildman–Crippen MR) is 88.8 cm³/mol. The zero-order valence-electron chi connectivity index (χ0n) is 12.5. The maximum Gasteiger partial charge on any atom is 0.325 e. The van der Waals surface area contributed by atoms with Crippen molar-refractivity contribution in [2.24, 2.45) is 0 Å². The van der Waals surface area contributed by atoms with Crippen molar-refractivity contribution in [3.05, 3.63) is 34.9 Å². The van der Waals surface area contributed by atoms with Gasteiger partial charge in [0.1, 0.15) is 5.54 Å². The van der Waals surface area contributed by atoms with Crippen molar-refractivity contribution in [2.45, 2.75) is 43.5 Å². The summed E-state index contributed by atoms with van der Waals surface area (Å²) in [6, 6.07) is 8.35. The molecule has 1 fully saturated rings. The van der Waals surface area contributed by atoms with Gasteiger partial charge < -0.3 is 4.74 Å². The lowest BCUT2D eigenvalue weighted by Gasteiger charge is -2.28. The molecule has 0 aliphatic heterocycles. The summed E-state index contributed by atoms with van der Waals surface area (Å²) in [6.07, 6.45) is 3.06. The van der Waals surface area contributed by atoms with Gasteiger partial charge in [-0.15, -0.1) is 0 Å². The van der Waals surface area contributed by atoms with E-state index >= 15 is 0 Å². The van der Waals surface area contributed by atoms with Gasteiger partial charge in [0.05, 0.1) is 7.11 Å². The topological polar surface area (TPSA) is 38.3 Å². The number of esters is 1. The zero-order valence-corrected chi connectivity index (χ0v) is 14.1. The van der Waals surface area contributed by atoms with Crippen LogP contribution < -0.4 is 5.32 Å². The molecule has 0 spiro atoms. The Morgan fingerprint density at radius 2 is 2.19 bits per heavy atom. The van der Waals surface area contributed by atoms with Crippen LogP contribution in [0.15, 0.2) is 24.3 Å². The molecule has 1 aromatic rings. The number of nitrogens with one attached hydrogen (secondary N) is 1. The van der Waals surface area contributed by atoms with Crippen molar-refractivity contribution >= 4 is 29.3 Å². The Hall–Kier alpha value is -0.710. The van der Waals surface area contributed by atoms with Crippen LogP contribution in [0.25, 0.3) is 0 Å². The number of benzene rings is 1. The number of halogens is 1. The van der Waals surface area contributed by atoms with Crippen molar-refractivity contribution in [3.63, 3.8) is 0 Å². The van der Waals surface area contributed by atoms with Gasteiger partial charge in [-0.2, -0.15) is 11.8 Å². The lowest BCUT2D eigenvalue weighted by atomic mass is 9.99. The molecule has 1 aliphatic carbocycles. The molecule has 1 aromatic carbocycles. The van der Waals surface area contributed by atoms with Gasteiger partial charge in [-0.25, -0.2) is 0 Å². The average Bonchev–Trinajstić information content (AvgIpc) is 3.28. The first-order valence-corrected chi connectivity index (χ1v) is 8.76. The second kappa shape index (κ2) is 7.52. The third kappa shape index (κ3) is 4.90. The molecular formula is C16H22ClNO2S. The van der Waals surface area contributed by atoms with Gasteiger partial charge >= 0.3 is 5.97 Å². The summed E-state index contributed by atoms with van der Waals surface area (Å²) in [4.78, 5) is 12.0. The Morgan fingerprint density at radius 3 is 2.81 bits per heavy atom. The van der Waals surface area contributed by atoms with Crippen molar-refractivity contribution in [1.29, 1.82) is 0 Å². The van der Waals surface area contributed by atoms with Crippen LogP contribution in [0.4, 0.5) is 0 Å². The molecule has 1 atom stereocenters. The van der Waals surface area contributed by atoms with Crippen molar-refractivity contribution in [2.75, 3.05) is 12.9 Å². The number of carbonyl (C=O) groups is 1. The van der Waals surface area contributed by atoms with Crippen molar-refractivity contribution < 1.29 is 9.53 Å². The highest BCUT2D eigenvalue weighted by molar-refractivity contribution is 7.98. The van der Waals surface area contributed by atoms with Crippen LogP contribution in [0.2, 0.25) is 5.02 Å². The second-order valence-corrected chi connectivity index (χ2v) is 7.15. The summed E-state index contributed by atoms with van der Waals surface area (Å²) in [5, 5.41) is 4.22. The van der Waals surface area contributed by atoms with Gasteiger partial charge in [-0.05, 0) is 43.6 Å². The molecule has 0 bridgehead atoms. The maximum atomic E-state index is 12.0. The lowest BCUT2D eigenvalue weighted by molar-refractivity contribution is -0.148. The third-order valence-corrected chi connectivity index (χ3v) is 5.07. The minimum atomic E-state index is -0.580. The first kappa shape index (κ1) is 16.7. The molecule has 0 heterocycles. The molecule has 21 heavy (non-hydrogen) atoms. The van der Waals surface area contributed by atoms with Crippen LogP contribution in [0.5, 0.6) is 0 Å². The lowest BCUT2D eigenvalue weighted by Crippen LogP contribution is -2.51. The van der Waals surface area contributed by atoms with Crippen LogP contribution in [0.3, 0.4) is 0 Å². The minimum absolute atomic E-state index is 0.173. The van der Waals surface area contributed by atoms with Gasteiger partial charge in [-0.1, -0.05) is 29.8 Å². The number of ether oxygens (including phenoxy) is 1. The summed E-state index contributed by atoms with van der Waals surface area (Å²) >= 11 is 7.93. The van der Waals surface area contributed by atoms with E-state index in [0.29, 0.717) is 6.04 Å². The first-order valence-electron chi connectivity index (χ1n) is 7.22. The summed E-state index contributed by atoms with van der Waals surface area (Å²) in [5.41, 5.74) is 0.558. The highest BCUT2D eigenvalue weighted by atomic mass is 35.5. The van der Waals surface area contributed by atoms with E-state index < -0.39 is 5.54 Å². The molecular weight excluding hydrogens is 306 g/mol. The standard InChI is InChI=1S/C16H22ClNO2S/c1-16(15(19)20-2,18-13-7-8-13)9-10-21-11-12-5-3-4-6-14(12)17/h3-6,13,18H,7-11H2,1-2H3. The summed E-state index contributed by atoms with van der Waals surface area (Å²) in [6.45, 7) is 1.94. The number of rotatable bonds is 8. The quantitative estimate of drug-likeness (QED) is 0.584. The zero-order chi connectivity index (χ0) is 15.3. The summed E-state index contributed by atoms with van der Waals surface area (Å²) < 4.78 is 4.95. The largest absolute Gasteiger partial charge is 0.468 e. The van der Waals surface area contributed by atoms with Gasteiger partial charge in [-0.3, -0.25) is 10.1 Å². The van der Waals surface area contributed by atoms with Gasteiger partial charge in [0.25, 0.3) is 0 Å². The fraction of sp³-hybridized carbons (Fsp3) is 0.562. The number of carbonyl (C=O) groups excluding carboxylic acids is 1. The van der Waals surface area contributed by atoms with Crippen LogP contribution in [-0.2, 0) is 15.3 Å². The number of thioether (sulfide) groups is 1. The molecule has 1 aliphatic rings. The molecule has 1 unspecified atom stereocenters. The molecule has 0 radical (unpaired) electrons. The van der Waals surface area contributed by atoms with E-state index in [2.05, 4.69) is 5.32 Å². The van der Waals surface area contributed by atoms with E-state index in [9.17, 15) is 4.79 Å². The van der Waals surface area contributed by atoms with Crippen LogP contribution in [-0.4, -0.2) is 30.4 Å². The van der Waals surface area contributed by atoms with Crippen LogP contribution in [0.1, 0.15) is 31.7 Å². The number of hydrogen-bond donors (Lipinski definition) is 1. The molecule has 1 N–H and O–H groups in total. The SMILES string of the molecule is COC(=O)C(C)(CCSCc1ccccc1Cl)NC1CC1. The average molecular weight is 328 g/mol. The molecule has 0 amide bonds. The number of hydrogen-bond acceptors (Lipinski definition) is 4. The third-order valence-electron chi connectivity index (χ3n) is 3.70. The van der Waals surface area contributed by atoms with E-state index in [1.54, 1.807) is 11.8 Å². The fourth-order valence-corrected chi connectivity index (χ4v) is 3.66. The molecule has 116 valence electrons. The van der Waals surface area contributed by atoms with Crippen molar-refractivity contribution in [1.82, 2.24) is 5.32 Å². The van der Waals surface area contributed by atoms with Gasteiger partial charge in [0.15, 0.2) is 0 Å². The molecule has 3 nitrogen and oxygen atoms in total. The fourth-order valence-electron chi connectivity index (χ4n) is 2.21. The van der Waals surface area contributed by atoms with E-state index in [1.165, 1.54) is 7.11 Å². The molecule has 2 rings (SSSR count). The van der Waals surface area contributed by atoms with Crippen LogP contribution in [0, 0.1) is 0 Å². The summed E-state index contributed by atoms with van der Waals surface area (Å²) in [5.74, 6) is 1.57. The highest BCUT2D eigenvalue weighted by Crippen LogP contribution is 2.27. The molecule has 0 saturated heterocycles. The Kier molecular flexibility index (Phi) is 5.97. The smallest absolute Gasteiger partial charge is 0.325 e. The summed E-state index contributed by atoms with van der Waals surface area (Å²) in [7, 11) is 1.45. The Morgan fingerprint density at radius 1 is 1.48 bits per heavy atom. The first-order chi connectivity index (χ1) is 10.0. The Labute approximate surface area is 135 Å². The van der Waals surface area contributed by atoms with E-state index in [-0.39, 0.29) is 5.97 Å². The monoisotopic (exact) mass is 327 g/mol. The normalized spacial score (nSPS) is 17.3. The molecule has 0 aromatic heterocycles. The van der Waals surface area contributed by atoms with Crippen molar-refractivity contribution in [3.8, 4) is 0 Å². The molecule has 5 heteroatoms. The van der Waals surface area contributed by atoms with E-state index in [1.807, 2.05) is 31.2 Å². The van der Waals surface area contributed by atoms with Gasteiger partial charge in [0.2, 0.25) is 0 Å². The van der Waals surface area contributed by atoms with E-state index in [4.69, 9.17) is 16.3 Å². The van der Waals surface area contributed by atoms with Crippen LogP contribution >= 0.6 is 23.4 Å². The highest BCUT2D eigenvalue weighted by Gasteiger charge is 2.38. The Balaban J connectivity index is 1.81. The Bertz CT molecular complexity index is 493. The van der Waals surface area contributed by atoms with Gasteiger partial charge in [0, 0.05) is 16.8 Å². The maximum absolute atomic E-state index is 12.0. The molecule has 1 saturated carbocycles. The minimum Gasteiger partial charge on any atom is -0.468 e. The second-order valence-electron chi connectivity index (χ2n) is 5.64. The van der Waals surface area contributed by atoms with E-state index in [0.717, 1.165) is 41.4 Å².